The molecule has 41 heavy (non-hydrogen) atoms. The fourth-order valence-corrected chi connectivity index (χ4v) is 3.98. The Hall–Kier alpha value is -4.17. The zero-order valence-electron chi connectivity index (χ0n) is 21.8. The molecule has 1 fully saturated rings. The molecule has 2 aromatic carbocycles. The predicted molar refractivity (Wildman–Crippen MR) is 144 cm³/mol. The van der Waals surface area contributed by atoms with E-state index in [0.29, 0.717) is 10.7 Å². The first-order chi connectivity index (χ1) is 19.5. The molecule has 0 aliphatic heterocycles. The van der Waals surface area contributed by atoms with E-state index in [4.69, 9.17) is 22.1 Å². The molecule has 15 heteroatoms. The molecule has 1 unspecified atom stereocenters. The number of hydrogen-bond donors (Lipinski definition) is 4. The number of rotatable bonds is 12. The van der Waals surface area contributed by atoms with Crippen LogP contribution >= 0.6 is 11.6 Å². The van der Waals surface area contributed by atoms with Gasteiger partial charge in [-0.3, -0.25) is 9.59 Å². The third-order valence-electron chi connectivity index (χ3n) is 6.14. The normalized spacial score (nSPS) is 14.5. The molecule has 0 radical (unpaired) electrons. The summed E-state index contributed by atoms with van der Waals surface area (Å²) in [6.07, 6.45) is -3.18. The Morgan fingerprint density at radius 3 is 2.29 bits per heavy atom. The van der Waals surface area contributed by atoms with Gasteiger partial charge in [0.1, 0.15) is 0 Å². The van der Waals surface area contributed by atoms with Gasteiger partial charge >= 0.3 is 18.2 Å². The van der Waals surface area contributed by atoms with Gasteiger partial charge in [0.05, 0.1) is 25.1 Å². The van der Waals surface area contributed by atoms with E-state index >= 15 is 0 Å². The summed E-state index contributed by atoms with van der Waals surface area (Å²) in [6, 6.07) is 12.2. The van der Waals surface area contributed by atoms with E-state index in [-0.39, 0.29) is 30.4 Å². The number of carbonyl (C=O) groups excluding carboxylic acids is 2. The van der Waals surface area contributed by atoms with E-state index in [1.165, 1.54) is 19.2 Å². The Labute approximate surface area is 238 Å². The van der Waals surface area contributed by atoms with Gasteiger partial charge in [0.25, 0.3) is 5.91 Å². The molecule has 1 aliphatic rings. The van der Waals surface area contributed by atoms with Crippen molar-refractivity contribution in [3.05, 3.63) is 64.7 Å². The highest BCUT2D eigenvalue weighted by Crippen LogP contribution is 2.48. The van der Waals surface area contributed by atoms with Crippen molar-refractivity contribution in [1.29, 1.82) is 0 Å². The van der Waals surface area contributed by atoms with Crippen LogP contribution < -0.4 is 26.4 Å². The number of nitrogens with one attached hydrogen (secondary N) is 3. The lowest BCUT2D eigenvalue weighted by atomic mass is 10.1. The van der Waals surface area contributed by atoms with Crippen molar-refractivity contribution >= 4 is 41.1 Å². The van der Waals surface area contributed by atoms with E-state index in [1.807, 2.05) is 12.1 Å². The number of methoxy groups -OCH3 is 1. The molecule has 1 atom stereocenters. The van der Waals surface area contributed by atoms with Crippen molar-refractivity contribution < 1.29 is 32.2 Å². The molecule has 3 aromatic rings. The first-order valence-electron chi connectivity index (χ1n) is 12.4. The molecular weight excluding hydrogens is 567 g/mol. The molecule has 5 N–H and O–H groups in total. The summed E-state index contributed by atoms with van der Waals surface area (Å²) in [5.74, 6) is -1.03. The summed E-state index contributed by atoms with van der Waals surface area (Å²) in [4.78, 5) is 36.4. The summed E-state index contributed by atoms with van der Waals surface area (Å²) in [6.45, 7) is -1.55. The van der Waals surface area contributed by atoms with Crippen LogP contribution in [0.1, 0.15) is 35.2 Å². The maximum atomic E-state index is 12.8. The second kappa shape index (κ2) is 12.6. The molecule has 1 aliphatic carbocycles. The van der Waals surface area contributed by atoms with Gasteiger partial charge in [-0.05, 0) is 54.8 Å². The standard InChI is InChI=1S/C26H27ClF3N7O4/c1-40-20(38)12-19(13-31)32-21(39)15-2-8-18(9-3-15)33-22-34-23(36-24(35-22)41-14-26(28,29)30)37-25(10-11-25)16-4-6-17(27)7-5-16/h2-9,19H,10-14,31H2,1H3,(H,32,39)(H2,33,34,35,36,37). The molecule has 1 heterocycles. The lowest BCUT2D eigenvalue weighted by Gasteiger charge is -2.19. The largest absolute Gasteiger partial charge is 0.469 e. The minimum Gasteiger partial charge on any atom is -0.469 e. The van der Waals surface area contributed by atoms with Gasteiger partial charge in [0.2, 0.25) is 11.9 Å². The zero-order chi connectivity index (χ0) is 29.6. The van der Waals surface area contributed by atoms with E-state index in [9.17, 15) is 22.8 Å². The quantitative estimate of drug-likeness (QED) is 0.227. The van der Waals surface area contributed by atoms with E-state index < -0.39 is 42.3 Å². The molecule has 1 aromatic heterocycles. The summed E-state index contributed by atoms with van der Waals surface area (Å²) < 4.78 is 47.8. The van der Waals surface area contributed by atoms with Crippen molar-refractivity contribution in [2.45, 2.75) is 37.0 Å². The second-order valence-electron chi connectivity index (χ2n) is 9.27. The molecule has 0 bridgehead atoms. The summed E-state index contributed by atoms with van der Waals surface area (Å²) in [7, 11) is 1.24. The molecule has 218 valence electrons. The summed E-state index contributed by atoms with van der Waals surface area (Å²) in [5.41, 5.74) is 6.76. The van der Waals surface area contributed by atoms with E-state index in [0.717, 1.165) is 18.4 Å². The smallest absolute Gasteiger partial charge is 0.422 e. The van der Waals surface area contributed by atoms with Gasteiger partial charge in [-0.15, -0.1) is 0 Å². The first-order valence-corrected chi connectivity index (χ1v) is 12.8. The number of amides is 1. The Balaban J connectivity index is 1.50. The number of esters is 1. The molecule has 11 nitrogen and oxygen atoms in total. The van der Waals surface area contributed by atoms with Crippen LogP contribution in [0.4, 0.5) is 30.8 Å². The minimum atomic E-state index is -4.59. The maximum Gasteiger partial charge on any atom is 0.422 e. The molecule has 4 rings (SSSR count). The lowest BCUT2D eigenvalue weighted by Crippen LogP contribution is -2.41. The van der Waals surface area contributed by atoms with E-state index in [1.54, 1.807) is 24.3 Å². The van der Waals surface area contributed by atoms with Crippen LogP contribution in [-0.4, -0.2) is 59.3 Å². The third kappa shape index (κ3) is 8.41. The Morgan fingerprint density at radius 2 is 1.71 bits per heavy atom. The maximum absolute atomic E-state index is 12.8. The first kappa shape index (κ1) is 29.8. The van der Waals surface area contributed by atoms with Gasteiger partial charge in [-0.2, -0.15) is 28.1 Å². The predicted octanol–water partition coefficient (Wildman–Crippen LogP) is 3.93. The summed E-state index contributed by atoms with van der Waals surface area (Å²) in [5, 5.41) is 9.32. The molecule has 0 saturated heterocycles. The van der Waals surface area contributed by atoms with Crippen LogP contribution in [0.5, 0.6) is 6.01 Å². The number of ether oxygens (including phenoxy) is 2. The second-order valence-corrected chi connectivity index (χ2v) is 9.71. The number of halogens is 4. The highest BCUT2D eigenvalue weighted by atomic mass is 35.5. The highest BCUT2D eigenvalue weighted by Gasteiger charge is 2.45. The lowest BCUT2D eigenvalue weighted by molar-refractivity contribution is -0.154. The Kier molecular flexibility index (Phi) is 9.13. The van der Waals surface area contributed by atoms with Crippen LogP contribution in [0.3, 0.4) is 0 Å². The van der Waals surface area contributed by atoms with Crippen molar-refractivity contribution in [2.75, 3.05) is 30.9 Å². The number of nitrogens with zero attached hydrogens (tertiary/aromatic N) is 3. The van der Waals surface area contributed by atoms with Crippen molar-refractivity contribution in [2.24, 2.45) is 5.73 Å². The zero-order valence-corrected chi connectivity index (χ0v) is 22.6. The number of hydrogen-bond acceptors (Lipinski definition) is 10. The van der Waals surface area contributed by atoms with Crippen LogP contribution in [0.15, 0.2) is 48.5 Å². The fourth-order valence-electron chi connectivity index (χ4n) is 3.85. The average Bonchev–Trinajstić information content (AvgIpc) is 3.72. The third-order valence-corrected chi connectivity index (χ3v) is 6.39. The number of aromatic nitrogens is 3. The van der Waals surface area contributed by atoms with Crippen molar-refractivity contribution in [3.8, 4) is 6.01 Å². The average molecular weight is 594 g/mol. The Morgan fingerprint density at radius 1 is 1.05 bits per heavy atom. The SMILES string of the molecule is COC(=O)CC(CN)NC(=O)c1ccc(Nc2nc(NC3(c4ccc(Cl)cc4)CC3)nc(OCC(F)(F)F)n2)cc1. The van der Waals surface area contributed by atoms with Crippen molar-refractivity contribution in [3.63, 3.8) is 0 Å². The Bertz CT molecular complexity index is 1370. The van der Waals surface area contributed by atoms with Gasteiger partial charge in [-0.25, -0.2) is 0 Å². The van der Waals surface area contributed by atoms with Crippen LogP contribution in [0.25, 0.3) is 0 Å². The number of carbonyl (C=O) groups is 2. The minimum absolute atomic E-state index is 0.0153. The number of benzene rings is 2. The number of nitrogens with two attached hydrogens (primary N) is 1. The topological polar surface area (TPSA) is 153 Å². The van der Waals surface area contributed by atoms with Gasteiger partial charge < -0.3 is 31.2 Å². The summed E-state index contributed by atoms with van der Waals surface area (Å²) >= 11 is 6.00. The molecule has 1 saturated carbocycles. The fraction of sp³-hybridized carbons (Fsp3) is 0.346. The van der Waals surface area contributed by atoms with Crippen LogP contribution in [-0.2, 0) is 15.1 Å². The molecular formula is C26H27ClF3N7O4. The van der Waals surface area contributed by atoms with Gasteiger partial charge in [0.15, 0.2) is 6.61 Å². The number of anilines is 3. The van der Waals surface area contributed by atoms with Gasteiger partial charge in [-0.1, -0.05) is 23.7 Å². The monoisotopic (exact) mass is 593 g/mol. The van der Waals surface area contributed by atoms with Crippen molar-refractivity contribution in [1.82, 2.24) is 20.3 Å². The molecule has 0 spiro atoms. The molecule has 1 amide bonds. The van der Waals surface area contributed by atoms with Crippen LogP contribution in [0.2, 0.25) is 5.02 Å². The number of alkyl halides is 3. The van der Waals surface area contributed by atoms with Gasteiger partial charge in [0, 0.05) is 22.8 Å². The van der Waals surface area contributed by atoms with Crippen LogP contribution in [0, 0.1) is 0 Å². The highest BCUT2D eigenvalue weighted by molar-refractivity contribution is 6.30. The van der Waals surface area contributed by atoms with E-state index in [2.05, 4.69) is 35.6 Å².